The van der Waals surface area contributed by atoms with Gasteiger partial charge >= 0.3 is 0 Å². The third-order valence-corrected chi connectivity index (χ3v) is 4.60. The molecule has 1 saturated carbocycles. The first-order valence-electron chi connectivity index (χ1n) is 7.06. The van der Waals surface area contributed by atoms with Gasteiger partial charge in [0, 0.05) is 17.8 Å². The lowest BCUT2D eigenvalue weighted by molar-refractivity contribution is 0.210. The summed E-state index contributed by atoms with van der Waals surface area (Å²) < 4.78 is 2.47. The second-order valence-electron chi connectivity index (χ2n) is 5.90. The summed E-state index contributed by atoms with van der Waals surface area (Å²) in [6, 6.07) is 0.538. The minimum Gasteiger partial charge on any atom is -0.327 e. The van der Waals surface area contributed by atoms with Crippen molar-refractivity contribution in [2.75, 3.05) is 6.54 Å². The van der Waals surface area contributed by atoms with E-state index in [2.05, 4.69) is 34.3 Å². The molecular weight excluding hydrogens is 210 g/mol. The molecule has 1 aliphatic carbocycles. The average Bonchev–Trinajstić information content (AvgIpc) is 3.01. The number of nitrogens with zero attached hydrogens (tertiary/aromatic N) is 2. The first-order valence-corrected chi connectivity index (χ1v) is 7.06. The zero-order valence-corrected chi connectivity index (χ0v) is 10.8. The number of imidazole rings is 1. The van der Waals surface area contributed by atoms with Gasteiger partial charge in [0.1, 0.15) is 0 Å². The summed E-state index contributed by atoms with van der Waals surface area (Å²) in [5, 5.41) is 3.59. The smallest absolute Gasteiger partial charge is 0.0953 e. The Kier molecular flexibility index (Phi) is 2.95. The van der Waals surface area contributed by atoms with Crippen LogP contribution in [-0.4, -0.2) is 16.1 Å². The van der Waals surface area contributed by atoms with Crippen molar-refractivity contribution in [3.63, 3.8) is 0 Å². The van der Waals surface area contributed by atoms with E-state index >= 15 is 0 Å². The van der Waals surface area contributed by atoms with Crippen LogP contribution in [0.5, 0.6) is 0 Å². The third kappa shape index (κ3) is 2.01. The van der Waals surface area contributed by atoms with Crippen molar-refractivity contribution >= 4 is 0 Å². The maximum absolute atomic E-state index is 4.41. The van der Waals surface area contributed by atoms with Gasteiger partial charge in [0.25, 0.3) is 0 Å². The van der Waals surface area contributed by atoms with Crippen LogP contribution in [0.3, 0.4) is 0 Å². The quantitative estimate of drug-likeness (QED) is 0.851. The molecule has 1 unspecified atom stereocenters. The molecule has 2 aliphatic rings. The minimum absolute atomic E-state index is 0.314. The number of nitrogens with one attached hydrogen (secondary N) is 1. The SMILES string of the molecule is CC1(n2cncc2C2CCCN2)CCCCC1. The van der Waals surface area contributed by atoms with Gasteiger partial charge in [-0.25, -0.2) is 4.98 Å². The van der Waals surface area contributed by atoms with Crippen LogP contribution in [0.1, 0.15) is 63.6 Å². The summed E-state index contributed by atoms with van der Waals surface area (Å²) in [7, 11) is 0. The monoisotopic (exact) mass is 233 g/mol. The molecule has 0 radical (unpaired) electrons. The fourth-order valence-electron chi connectivity index (χ4n) is 3.51. The number of rotatable bonds is 2. The highest BCUT2D eigenvalue weighted by Gasteiger charge is 2.32. The van der Waals surface area contributed by atoms with Crippen LogP contribution in [0, 0.1) is 0 Å². The van der Waals surface area contributed by atoms with E-state index in [1.807, 2.05) is 0 Å². The van der Waals surface area contributed by atoms with E-state index in [1.165, 1.54) is 50.6 Å². The fraction of sp³-hybridized carbons (Fsp3) is 0.786. The van der Waals surface area contributed by atoms with Crippen LogP contribution < -0.4 is 5.32 Å². The third-order valence-electron chi connectivity index (χ3n) is 4.60. The van der Waals surface area contributed by atoms with Crippen molar-refractivity contribution < 1.29 is 0 Å². The fourth-order valence-corrected chi connectivity index (χ4v) is 3.51. The number of aromatic nitrogens is 2. The standard InChI is InChI=1S/C14H23N3/c1-14(7-3-2-4-8-14)17-11-15-10-13(17)12-6-5-9-16-12/h10-12,16H,2-9H2,1H3. The van der Waals surface area contributed by atoms with E-state index in [4.69, 9.17) is 0 Å². The molecule has 1 aliphatic heterocycles. The molecule has 1 atom stereocenters. The molecule has 0 aromatic carbocycles. The largest absolute Gasteiger partial charge is 0.327 e. The average molecular weight is 233 g/mol. The van der Waals surface area contributed by atoms with Crippen molar-refractivity contribution in [1.82, 2.24) is 14.9 Å². The molecule has 1 N–H and O–H groups in total. The Balaban J connectivity index is 1.89. The molecule has 2 fully saturated rings. The molecule has 17 heavy (non-hydrogen) atoms. The predicted octanol–water partition coefficient (Wildman–Crippen LogP) is 2.99. The second kappa shape index (κ2) is 4.45. The summed E-state index contributed by atoms with van der Waals surface area (Å²) >= 11 is 0. The molecule has 3 nitrogen and oxygen atoms in total. The maximum Gasteiger partial charge on any atom is 0.0953 e. The minimum atomic E-state index is 0.314. The molecule has 94 valence electrons. The van der Waals surface area contributed by atoms with Crippen LogP contribution >= 0.6 is 0 Å². The molecule has 0 amide bonds. The topological polar surface area (TPSA) is 29.9 Å². The van der Waals surface area contributed by atoms with Crippen LogP contribution in [0.15, 0.2) is 12.5 Å². The Morgan fingerprint density at radius 2 is 2.12 bits per heavy atom. The highest BCUT2D eigenvalue weighted by Crippen LogP contribution is 2.37. The second-order valence-corrected chi connectivity index (χ2v) is 5.90. The summed E-state index contributed by atoms with van der Waals surface area (Å²) in [5.74, 6) is 0. The molecule has 1 aromatic heterocycles. The molecular formula is C14H23N3. The van der Waals surface area contributed by atoms with Crippen molar-refractivity contribution in [2.24, 2.45) is 0 Å². The van der Waals surface area contributed by atoms with Crippen molar-refractivity contribution in [3.8, 4) is 0 Å². The van der Waals surface area contributed by atoms with Crippen molar-refractivity contribution in [1.29, 1.82) is 0 Å². The highest BCUT2D eigenvalue weighted by molar-refractivity contribution is 5.11. The predicted molar refractivity (Wildman–Crippen MR) is 68.9 cm³/mol. The molecule has 0 spiro atoms. The van der Waals surface area contributed by atoms with Crippen LogP contribution in [0.2, 0.25) is 0 Å². The van der Waals surface area contributed by atoms with E-state index in [0.717, 1.165) is 6.54 Å². The Morgan fingerprint density at radius 1 is 1.29 bits per heavy atom. The molecule has 2 heterocycles. The summed E-state index contributed by atoms with van der Waals surface area (Å²) in [6.07, 6.45) is 13.4. The molecule has 1 aromatic rings. The van der Waals surface area contributed by atoms with Gasteiger partial charge in [-0.05, 0) is 39.2 Å². The Morgan fingerprint density at radius 3 is 2.82 bits per heavy atom. The van der Waals surface area contributed by atoms with E-state index in [9.17, 15) is 0 Å². The van der Waals surface area contributed by atoms with Gasteiger partial charge in [0.2, 0.25) is 0 Å². The van der Waals surface area contributed by atoms with Gasteiger partial charge in [-0.1, -0.05) is 19.3 Å². The van der Waals surface area contributed by atoms with Crippen LogP contribution in [-0.2, 0) is 5.54 Å². The highest BCUT2D eigenvalue weighted by atomic mass is 15.1. The van der Waals surface area contributed by atoms with E-state index in [0.29, 0.717) is 11.6 Å². The number of hydrogen-bond acceptors (Lipinski definition) is 2. The zero-order valence-electron chi connectivity index (χ0n) is 10.8. The summed E-state index contributed by atoms with van der Waals surface area (Å²) in [6.45, 7) is 3.57. The number of hydrogen-bond donors (Lipinski definition) is 1. The normalized spacial score (nSPS) is 28.4. The lowest BCUT2D eigenvalue weighted by atomic mass is 9.83. The van der Waals surface area contributed by atoms with Crippen LogP contribution in [0.4, 0.5) is 0 Å². The maximum atomic E-state index is 4.41. The van der Waals surface area contributed by atoms with Gasteiger partial charge in [-0.15, -0.1) is 0 Å². The Bertz CT molecular complexity index is 371. The van der Waals surface area contributed by atoms with E-state index in [1.54, 1.807) is 0 Å². The lowest BCUT2D eigenvalue weighted by Gasteiger charge is -2.37. The van der Waals surface area contributed by atoms with E-state index < -0.39 is 0 Å². The molecule has 3 rings (SSSR count). The first kappa shape index (κ1) is 11.3. The zero-order chi connectivity index (χ0) is 11.7. The van der Waals surface area contributed by atoms with Gasteiger partial charge in [0.05, 0.1) is 12.0 Å². The van der Waals surface area contributed by atoms with Crippen molar-refractivity contribution in [2.45, 2.75) is 63.5 Å². The molecule has 1 saturated heterocycles. The van der Waals surface area contributed by atoms with Crippen LogP contribution in [0.25, 0.3) is 0 Å². The van der Waals surface area contributed by atoms with Gasteiger partial charge in [0.15, 0.2) is 0 Å². The van der Waals surface area contributed by atoms with Gasteiger partial charge in [-0.2, -0.15) is 0 Å². The van der Waals surface area contributed by atoms with Gasteiger partial charge in [-0.3, -0.25) is 0 Å². The Labute approximate surface area is 104 Å². The Hall–Kier alpha value is -0.830. The summed E-state index contributed by atoms with van der Waals surface area (Å²) in [4.78, 5) is 4.41. The molecule has 3 heteroatoms. The first-order chi connectivity index (χ1) is 8.30. The summed E-state index contributed by atoms with van der Waals surface area (Å²) in [5.41, 5.74) is 1.72. The van der Waals surface area contributed by atoms with Gasteiger partial charge < -0.3 is 9.88 Å². The lowest BCUT2D eigenvalue weighted by Crippen LogP contribution is -2.34. The molecule has 0 bridgehead atoms. The van der Waals surface area contributed by atoms with Crippen molar-refractivity contribution in [3.05, 3.63) is 18.2 Å². The van der Waals surface area contributed by atoms with E-state index in [-0.39, 0.29) is 0 Å².